The molecular weight excluding hydrogens is 424 g/mol. The van der Waals surface area contributed by atoms with Gasteiger partial charge in [0.25, 0.3) is 5.91 Å². The number of rotatable bonds is 4. The number of imide groups is 1. The van der Waals surface area contributed by atoms with Crippen LogP contribution in [0.4, 0.5) is 10.5 Å². The Bertz CT molecular complexity index is 1150. The van der Waals surface area contributed by atoms with E-state index in [-0.39, 0.29) is 13.2 Å². The molecule has 0 unspecified atom stereocenters. The Balaban J connectivity index is 1.66. The van der Waals surface area contributed by atoms with Crippen LogP contribution in [0.2, 0.25) is 0 Å². The first-order valence-corrected chi connectivity index (χ1v) is 11.0. The van der Waals surface area contributed by atoms with Crippen molar-refractivity contribution in [2.45, 2.75) is 32.4 Å². The molecule has 8 nitrogen and oxygen atoms in total. The number of esters is 1. The zero-order chi connectivity index (χ0) is 23.5. The lowest BCUT2D eigenvalue weighted by Crippen LogP contribution is -2.51. The summed E-state index contributed by atoms with van der Waals surface area (Å²) >= 11 is 0. The number of hydrogen-bond acceptors (Lipinski definition) is 6. The molecule has 2 saturated heterocycles. The third-order valence-corrected chi connectivity index (χ3v) is 7.05. The minimum absolute atomic E-state index is 0.182. The van der Waals surface area contributed by atoms with E-state index in [0.29, 0.717) is 17.2 Å². The number of carbonyl (C=O) groups excluding carboxylic acids is 3. The number of fused-ring (bicyclic) bond motifs is 5. The molecule has 172 valence electrons. The molecule has 0 spiro atoms. The molecule has 2 aromatic rings. The molecule has 33 heavy (non-hydrogen) atoms. The average molecular weight is 450 g/mol. The fourth-order valence-electron chi connectivity index (χ4n) is 5.52. The van der Waals surface area contributed by atoms with Gasteiger partial charge in [-0.15, -0.1) is 0 Å². The summed E-state index contributed by atoms with van der Waals surface area (Å²) in [5.74, 6) is -0.993. The van der Waals surface area contributed by atoms with Gasteiger partial charge in [0.2, 0.25) is 0 Å². The molecule has 2 fully saturated rings. The van der Waals surface area contributed by atoms with Gasteiger partial charge in [0.15, 0.2) is 0 Å². The topological polar surface area (TPSA) is 85.4 Å². The Labute approximate surface area is 192 Å². The highest BCUT2D eigenvalue weighted by atomic mass is 16.5. The summed E-state index contributed by atoms with van der Waals surface area (Å²) in [4.78, 5) is 43.6. The van der Waals surface area contributed by atoms with Crippen LogP contribution in [0.3, 0.4) is 0 Å². The molecule has 8 heteroatoms. The van der Waals surface area contributed by atoms with Crippen molar-refractivity contribution in [2.75, 3.05) is 25.2 Å². The second kappa shape index (κ2) is 7.50. The van der Waals surface area contributed by atoms with Crippen LogP contribution in [0, 0.1) is 18.8 Å². The van der Waals surface area contributed by atoms with Gasteiger partial charge in [-0.05, 0) is 45.0 Å². The average Bonchev–Trinajstić information content (AvgIpc) is 3.19. The molecule has 0 aliphatic carbocycles. The van der Waals surface area contributed by atoms with E-state index >= 15 is 0 Å². The van der Waals surface area contributed by atoms with Crippen molar-refractivity contribution in [3.63, 3.8) is 0 Å². The normalized spacial score (nSPS) is 27.6. The second-order valence-corrected chi connectivity index (χ2v) is 8.83. The SMILES string of the molecule is CCOC(=O)[C@@H]1[C@H]2COc3cc(OC)ccc3[C@H]2N2C(=O)N(c3ccc(C)cc3)C(=O)[C@]12C. The lowest BCUT2D eigenvalue weighted by Gasteiger charge is -2.34. The summed E-state index contributed by atoms with van der Waals surface area (Å²) in [6.45, 7) is 5.70. The fraction of sp³-hybridized carbons (Fsp3) is 0.400. The molecule has 5 rings (SSSR count). The number of aryl methyl sites for hydroxylation is 1. The molecule has 0 N–H and O–H groups in total. The van der Waals surface area contributed by atoms with Crippen molar-refractivity contribution in [3.8, 4) is 11.5 Å². The Morgan fingerprint density at radius 3 is 2.58 bits per heavy atom. The summed E-state index contributed by atoms with van der Waals surface area (Å²) in [5.41, 5.74) is 0.847. The third-order valence-electron chi connectivity index (χ3n) is 7.05. The Morgan fingerprint density at radius 1 is 1.18 bits per heavy atom. The first-order chi connectivity index (χ1) is 15.8. The maximum Gasteiger partial charge on any atom is 0.332 e. The van der Waals surface area contributed by atoms with E-state index in [9.17, 15) is 14.4 Å². The van der Waals surface area contributed by atoms with Crippen LogP contribution < -0.4 is 14.4 Å². The minimum atomic E-state index is -1.39. The van der Waals surface area contributed by atoms with Gasteiger partial charge in [0, 0.05) is 17.5 Å². The molecular formula is C25H26N2O6. The van der Waals surface area contributed by atoms with Gasteiger partial charge in [0.1, 0.15) is 17.0 Å². The van der Waals surface area contributed by atoms with E-state index in [4.69, 9.17) is 14.2 Å². The van der Waals surface area contributed by atoms with Crippen LogP contribution in [0.1, 0.15) is 31.0 Å². The van der Waals surface area contributed by atoms with E-state index in [1.54, 1.807) is 50.1 Å². The molecule has 0 saturated carbocycles. The summed E-state index contributed by atoms with van der Waals surface area (Å²) in [7, 11) is 1.57. The predicted molar refractivity (Wildman–Crippen MR) is 119 cm³/mol. The monoisotopic (exact) mass is 450 g/mol. The van der Waals surface area contributed by atoms with Crippen LogP contribution in [0.5, 0.6) is 11.5 Å². The number of methoxy groups -OCH3 is 1. The lowest BCUT2D eigenvalue weighted by molar-refractivity contribution is -0.154. The Morgan fingerprint density at radius 2 is 1.91 bits per heavy atom. The van der Waals surface area contributed by atoms with E-state index in [1.807, 2.05) is 25.1 Å². The highest BCUT2D eigenvalue weighted by Gasteiger charge is 2.72. The molecule has 3 aliphatic rings. The standard InChI is InChI=1S/C25H26N2O6/c1-5-32-22(28)20-18-13-33-19-12-16(31-4)10-11-17(19)21(18)27-24(30)26(23(29)25(20,27)3)15-8-6-14(2)7-9-15/h6-12,18,20-21H,5,13H2,1-4H3/t18-,20+,21-,25+/m1/s1. The van der Waals surface area contributed by atoms with E-state index in [1.165, 1.54) is 4.90 Å². The number of amides is 3. The van der Waals surface area contributed by atoms with Crippen LogP contribution in [0.25, 0.3) is 0 Å². The zero-order valence-electron chi connectivity index (χ0n) is 19.0. The summed E-state index contributed by atoms with van der Waals surface area (Å²) in [6, 6.07) is 11.6. The lowest BCUT2D eigenvalue weighted by atomic mass is 9.77. The molecule has 0 bridgehead atoms. The van der Waals surface area contributed by atoms with Crippen molar-refractivity contribution in [1.29, 1.82) is 0 Å². The van der Waals surface area contributed by atoms with Gasteiger partial charge in [-0.2, -0.15) is 0 Å². The van der Waals surface area contributed by atoms with Crippen molar-refractivity contribution in [3.05, 3.63) is 53.6 Å². The van der Waals surface area contributed by atoms with Gasteiger partial charge >= 0.3 is 12.0 Å². The number of benzene rings is 2. The quantitative estimate of drug-likeness (QED) is 0.524. The zero-order valence-corrected chi connectivity index (χ0v) is 19.0. The van der Waals surface area contributed by atoms with Crippen molar-refractivity contribution < 1.29 is 28.6 Å². The van der Waals surface area contributed by atoms with Crippen molar-refractivity contribution >= 4 is 23.6 Å². The van der Waals surface area contributed by atoms with E-state index < -0.39 is 41.3 Å². The Kier molecular flexibility index (Phi) is 4.84. The molecule has 2 aromatic carbocycles. The smallest absolute Gasteiger partial charge is 0.332 e. The highest BCUT2D eigenvalue weighted by Crippen LogP contribution is 2.58. The molecule has 0 aromatic heterocycles. The maximum atomic E-state index is 13.9. The number of carbonyl (C=O) groups is 3. The number of hydrogen-bond donors (Lipinski definition) is 0. The van der Waals surface area contributed by atoms with Gasteiger partial charge in [-0.25, -0.2) is 9.69 Å². The van der Waals surface area contributed by atoms with Crippen LogP contribution >= 0.6 is 0 Å². The van der Waals surface area contributed by atoms with Gasteiger partial charge < -0.3 is 19.1 Å². The van der Waals surface area contributed by atoms with E-state index in [2.05, 4.69) is 0 Å². The minimum Gasteiger partial charge on any atom is -0.497 e. The number of ether oxygens (including phenoxy) is 3. The number of nitrogens with zero attached hydrogens (tertiary/aromatic N) is 2. The highest BCUT2D eigenvalue weighted by molar-refractivity contribution is 6.24. The molecule has 3 amide bonds. The van der Waals surface area contributed by atoms with E-state index in [0.717, 1.165) is 11.1 Å². The fourth-order valence-corrected chi connectivity index (χ4v) is 5.52. The van der Waals surface area contributed by atoms with Crippen LogP contribution in [0.15, 0.2) is 42.5 Å². The van der Waals surface area contributed by atoms with Crippen LogP contribution in [-0.4, -0.2) is 48.7 Å². The van der Waals surface area contributed by atoms with Crippen molar-refractivity contribution in [2.24, 2.45) is 11.8 Å². The summed E-state index contributed by atoms with van der Waals surface area (Å²) in [5, 5.41) is 0. The van der Waals surface area contributed by atoms with Gasteiger partial charge in [-0.1, -0.05) is 17.7 Å². The third kappa shape index (κ3) is 2.86. The van der Waals surface area contributed by atoms with Gasteiger partial charge in [0.05, 0.1) is 38.0 Å². The van der Waals surface area contributed by atoms with Gasteiger partial charge in [-0.3, -0.25) is 9.59 Å². The molecule has 3 aliphatic heterocycles. The molecule has 3 heterocycles. The Hall–Kier alpha value is -3.55. The summed E-state index contributed by atoms with van der Waals surface area (Å²) < 4.78 is 16.7. The summed E-state index contributed by atoms with van der Waals surface area (Å²) in [6.07, 6.45) is 0. The number of urea groups is 1. The largest absolute Gasteiger partial charge is 0.497 e. The molecule has 4 atom stereocenters. The first-order valence-electron chi connectivity index (χ1n) is 11.0. The maximum absolute atomic E-state index is 13.9. The second-order valence-electron chi connectivity index (χ2n) is 8.83. The van der Waals surface area contributed by atoms with Crippen LogP contribution in [-0.2, 0) is 14.3 Å². The molecule has 0 radical (unpaired) electrons. The number of anilines is 1. The predicted octanol–water partition coefficient (Wildman–Crippen LogP) is 3.47. The first kappa shape index (κ1) is 21.3. The van der Waals surface area contributed by atoms with Crippen molar-refractivity contribution in [1.82, 2.24) is 4.90 Å².